The van der Waals surface area contributed by atoms with Gasteiger partial charge in [-0.15, -0.1) is 10.2 Å². The summed E-state index contributed by atoms with van der Waals surface area (Å²) in [4.78, 5) is 0.0276. The van der Waals surface area contributed by atoms with Crippen LogP contribution in [0.25, 0.3) is 0 Å². The summed E-state index contributed by atoms with van der Waals surface area (Å²) < 4.78 is 26.5. The first-order chi connectivity index (χ1) is 9.05. The summed E-state index contributed by atoms with van der Waals surface area (Å²) in [6.45, 7) is 1.91. The largest absolute Gasteiger partial charge is 0.263 e. The van der Waals surface area contributed by atoms with Crippen molar-refractivity contribution in [2.24, 2.45) is 0 Å². The van der Waals surface area contributed by atoms with Crippen molar-refractivity contribution in [1.82, 2.24) is 10.2 Å². The number of aryl methyl sites for hydroxylation is 1. The number of nitriles is 1. The van der Waals surface area contributed by atoms with Crippen molar-refractivity contribution in [3.05, 3.63) is 34.8 Å². The summed E-state index contributed by atoms with van der Waals surface area (Å²) in [5.41, 5.74) is 0.286. The first-order valence-corrected chi connectivity index (χ1v) is 7.70. The van der Waals surface area contributed by atoms with E-state index in [1.54, 1.807) is 6.07 Å². The molecule has 0 radical (unpaired) electrons. The van der Waals surface area contributed by atoms with Gasteiger partial charge >= 0.3 is 0 Å². The minimum absolute atomic E-state index is 0.0276. The van der Waals surface area contributed by atoms with Crippen molar-refractivity contribution in [1.29, 1.82) is 5.26 Å². The van der Waals surface area contributed by atoms with E-state index < -0.39 is 10.0 Å². The van der Waals surface area contributed by atoms with Gasteiger partial charge in [-0.3, -0.25) is 4.72 Å². The predicted octanol–water partition coefficient (Wildman–Crippen LogP) is 1.77. The number of aromatic nitrogens is 2. The van der Waals surface area contributed by atoms with Crippen molar-refractivity contribution >= 4 is 26.5 Å². The van der Waals surface area contributed by atoms with E-state index in [-0.39, 0.29) is 15.6 Å². The first-order valence-electron chi connectivity index (χ1n) is 5.40. The number of hydrogen-bond donors (Lipinski definition) is 1. The molecule has 0 aliphatic rings. The Labute approximate surface area is 114 Å². The fourth-order valence-corrected chi connectivity index (χ4v) is 3.30. The van der Waals surface area contributed by atoms with E-state index in [1.807, 2.05) is 13.0 Å². The zero-order chi connectivity index (χ0) is 13.9. The fraction of sp³-hybridized carbons (Fsp3) is 0.182. The van der Waals surface area contributed by atoms with Crippen LogP contribution in [0.1, 0.15) is 17.5 Å². The maximum absolute atomic E-state index is 12.1. The molecule has 0 aliphatic carbocycles. The van der Waals surface area contributed by atoms with Crippen molar-refractivity contribution in [3.8, 4) is 6.07 Å². The van der Waals surface area contributed by atoms with E-state index >= 15 is 0 Å². The molecule has 1 N–H and O–H groups in total. The van der Waals surface area contributed by atoms with E-state index in [0.29, 0.717) is 6.42 Å². The molecule has 0 saturated carbocycles. The molecule has 0 atom stereocenters. The Bertz CT molecular complexity index is 731. The lowest BCUT2D eigenvalue weighted by Gasteiger charge is -2.04. The number of rotatable bonds is 4. The number of sulfonamides is 1. The molecule has 0 aliphatic heterocycles. The smallest absolute Gasteiger partial charge is 0.253 e. The topological polar surface area (TPSA) is 95.7 Å². The van der Waals surface area contributed by atoms with E-state index in [4.69, 9.17) is 5.26 Å². The molecule has 8 heteroatoms. The second kappa shape index (κ2) is 5.34. The quantitative estimate of drug-likeness (QED) is 0.927. The van der Waals surface area contributed by atoms with E-state index in [0.717, 1.165) is 5.01 Å². The predicted molar refractivity (Wildman–Crippen MR) is 71.3 cm³/mol. The Kier molecular flexibility index (Phi) is 3.78. The Balaban J connectivity index is 2.29. The van der Waals surface area contributed by atoms with Crippen LogP contribution in [0.4, 0.5) is 5.13 Å². The Morgan fingerprint density at radius 1 is 1.42 bits per heavy atom. The van der Waals surface area contributed by atoms with Gasteiger partial charge in [0.15, 0.2) is 0 Å². The molecule has 0 fully saturated rings. The third-order valence-electron chi connectivity index (χ3n) is 2.26. The first kappa shape index (κ1) is 13.5. The average molecular weight is 294 g/mol. The Morgan fingerprint density at radius 3 is 2.84 bits per heavy atom. The average Bonchev–Trinajstić information content (AvgIpc) is 2.85. The van der Waals surface area contributed by atoms with Gasteiger partial charge in [-0.05, 0) is 24.6 Å². The van der Waals surface area contributed by atoms with Gasteiger partial charge in [-0.25, -0.2) is 8.42 Å². The summed E-state index contributed by atoms with van der Waals surface area (Å²) >= 11 is 1.19. The summed E-state index contributed by atoms with van der Waals surface area (Å²) in [5.74, 6) is 0. The monoisotopic (exact) mass is 294 g/mol. The minimum atomic E-state index is -3.73. The molecule has 0 amide bonds. The Hall–Kier alpha value is -1.98. The maximum atomic E-state index is 12.1. The second-order valence-electron chi connectivity index (χ2n) is 3.60. The highest BCUT2D eigenvalue weighted by atomic mass is 32.2. The van der Waals surface area contributed by atoms with Crippen LogP contribution < -0.4 is 4.72 Å². The lowest BCUT2D eigenvalue weighted by atomic mass is 10.2. The van der Waals surface area contributed by atoms with Crippen LogP contribution >= 0.6 is 11.3 Å². The molecule has 6 nitrogen and oxygen atoms in total. The number of nitrogens with one attached hydrogen (secondary N) is 1. The number of nitrogens with zero attached hydrogens (tertiary/aromatic N) is 3. The van der Waals surface area contributed by atoms with E-state index in [9.17, 15) is 8.42 Å². The van der Waals surface area contributed by atoms with Crippen LogP contribution in [0.3, 0.4) is 0 Å². The number of benzene rings is 1. The highest BCUT2D eigenvalue weighted by Gasteiger charge is 2.17. The fourth-order valence-electron chi connectivity index (χ4n) is 1.34. The van der Waals surface area contributed by atoms with E-state index in [1.165, 1.54) is 29.5 Å². The SMILES string of the molecule is CCc1nnc(NS(=O)(=O)c2cccc(C#N)c2)s1. The van der Waals surface area contributed by atoms with Gasteiger partial charge in [-0.1, -0.05) is 24.3 Å². The third-order valence-corrected chi connectivity index (χ3v) is 4.71. The molecular weight excluding hydrogens is 284 g/mol. The standard InChI is InChI=1S/C11H10N4O2S2/c1-2-10-13-14-11(18-10)15-19(16,17)9-5-3-4-8(6-9)7-12/h3-6H,2H2,1H3,(H,14,15). The van der Waals surface area contributed by atoms with Gasteiger partial charge in [-0.2, -0.15) is 5.26 Å². The molecule has 2 aromatic rings. The van der Waals surface area contributed by atoms with E-state index in [2.05, 4.69) is 14.9 Å². The highest BCUT2D eigenvalue weighted by Crippen LogP contribution is 2.20. The molecule has 1 aromatic carbocycles. The molecule has 2 rings (SSSR count). The molecule has 0 spiro atoms. The van der Waals surface area contributed by atoms with Crippen LogP contribution in [-0.2, 0) is 16.4 Å². The van der Waals surface area contributed by atoms with Crippen molar-refractivity contribution < 1.29 is 8.42 Å². The molecular formula is C11H10N4O2S2. The lowest BCUT2D eigenvalue weighted by molar-refractivity contribution is 0.601. The number of anilines is 1. The summed E-state index contributed by atoms with van der Waals surface area (Å²) in [5, 5.41) is 17.3. The molecule has 0 saturated heterocycles. The maximum Gasteiger partial charge on any atom is 0.263 e. The van der Waals surface area contributed by atoms with Crippen LogP contribution in [-0.4, -0.2) is 18.6 Å². The normalized spacial score (nSPS) is 10.9. The van der Waals surface area contributed by atoms with Crippen LogP contribution in [0.2, 0.25) is 0 Å². The summed E-state index contributed by atoms with van der Waals surface area (Å²) in [6.07, 6.45) is 0.698. The molecule has 98 valence electrons. The zero-order valence-corrected chi connectivity index (χ0v) is 11.6. The zero-order valence-electron chi connectivity index (χ0n) is 9.99. The van der Waals surface area contributed by atoms with Crippen LogP contribution in [0, 0.1) is 11.3 Å². The van der Waals surface area contributed by atoms with Crippen LogP contribution in [0.5, 0.6) is 0 Å². The highest BCUT2D eigenvalue weighted by molar-refractivity contribution is 7.93. The van der Waals surface area contributed by atoms with Crippen molar-refractivity contribution in [3.63, 3.8) is 0 Å². The van der Waals surface area contributed by atoms with Crippen molar-refractivity contribution in [2.75, 3.05) is 4.72 Å². The van der Waals surface area contributed by atoms with Crippen molar-refractivity contribution in [2.45, 2.75) is 18.2 Å². The van der Waals surface area contributed by atoms with Gasteiger partial charge in [0.25, 0.3) is 10.0 Å². The summed E-state index contributed by atoms with van der Waals surface area (Å²) in [7, 11) is -3.73. The lowest BCUT2D eigenvalue weighted by Crippen LogP contribution is -2.12. The van der Waals surface area contributed by atoms with Gasteiger partial charge in [0, 0.05) is 0 Å². The Morgan fingerprint density at radius 2 is 2.21 bits per heavy atom. The van der Waals surface area contributed by atoms with Gasteiger partial charge in [0.1, 0.15) is 5.01 Å². The van der Waals surface area contributed by atoms with Gasteiger partial charge in [0.2, 0.25) is 5.13 Å². The van der Waals surface area contributed by atoms with Gasteiger partial charge in [0.05, 0.1) is 16.5 Å². The molecule has 1 aromatic heterocycles. The minimum Gasteiger partial charge on any atom is -0.253 e. The second-order valence-corrected chi connectivity index (χ2v) is 6.34. The summed E-state index contributed by atoms with van der Waals surface area (Å²) in [6, 6.07) is 7.69. The van der Waals surface area contributed by atoms with Crippen LogP contribution in [0.15, 0.2) is 29.2 Å². The molecule has 19 heavy (non-hydrogen) atoms. The molecule has 1 heterocycles. The number of hydrogen-bond acceptors (Lipinski definition) is 6. The third kappa shape index (κ3) is 3.07. The molecule has 0 unspecified atom stereocenters. The molecule has 0 bridgehead atoms. The van der Waals surface area contributed by atoms with Gasteiger partial charge < -0.3 is 0 Å².